The first kappa shape index (κ1) is 16.9. The fraction of sp³-hybridized carbons (Fsp3) is 0.556. The Hall–Kier alpha value is -1.92. The molecule has 0 unspecified atom stereocenters. The van der Waals surface area contributed by atoms with Gasteiger partial charge in [0.05, 0.1) is 0 Å². The van der Waals surface area contributed by atoms with Gasteiger partial charge in [-0.1, -0.05) is 6.07 Å². The second-order valence-corrected chi connectivity index (χ2v) is 6.62. The Bertz CT molecular complexity index is 591. The van der Waals surface area contributed by atoms with Crippen LogP contribution >= 0.6 is 0 Å². The van der Waals surface area contributed by atoms with E-state index >= 15 is 0 Å². The summed E-state index contributed by atoms with van der Waals surface area (Å²) in [5.41, 5.74) is 1.20. The van der Waals surface area contributed by atoms with E-state index < -0.39 is 0 Å². The molecule has 6 heteroatoms. The van der Waals surface area contributed by atoms with Gasteiger partial charge >= 0.3 is 0 Å². The molecule has 0 aliphatic carbocycles. The number of ether oxygens (including phenoxy) is 1. The number of amides is 2. The highest BCUT2D eigenvalue weighted by molar-refractivity contribution is 5.98. The summed E-state index contributed by atoms with van der Waals surface area (Å²) in [5, 5.41) is 5.93. The van der Waals surface area contributed by atoms with Crippen molar-refractivity contribution in [3.05, 3.63) is 29.8 Å². The van der Waals surface area contributed by atoms with E-state index in [1.54, 1.807) is 24.3 Å². The SMILES string of the molecule is CN1CCC(NC(=O)c2cccc(NC(=O)[C@H]3CCCO3)c2)CC1. The van der Waals surface area contributed by atoms with Crippen molar-refractivity contribution in [1.82, 2.24) is 10.2 Å². The quantitative estimate of drug-likeness (QED) is 0.880. The molecule has 1 aromatic carbocycles. The standard InChI is InChI=1S/C18H25N3O3/c1-21-9-7-14(8-10-21)19-17(22)13-4-2-5-15(12-13)20-18(23)16-6-3-11-24-16/h2,4-5,12,14,16H,3,6-11H2,1H3,(H,19,22)(H,20,23)/t16-/m1/s1. The molecule has 0 bridgehead atoms. The van der Waals surface area contributed by atoms with E-state index in [4.69, 9.17) is 4.74 Å². The fourth-order valence-electron chi connectivity index (χ4n) is 3.17. The largest absolute Gasteiger partial charge is 0.368 e. The molecule has 2 saturated heterocycles. The molecule has 0 radical (unpaired) electrons. The van der Waals surface area contributed by atoms with Crippen molar-refractivity contribution >= 4 is 17.5 Å². The highest BCUT2D eigenvalue weighted by Gasteiger charge is 2.24. The van der Waals surface area contributed by atoms with Gasteiger partial charge in [-0.2, -0.15) is 0 Å². The first-order chi connectivity index (χ1) is 11.6. The van der Waals surface area contributed by atoms with E-state index in [0.717, 1.165) is 38.8 Å². The number of likely N-dealkylation sites (tertiary alicyclic amines) is 1. The lowest BCUT2D eigenvalue weighted by molar-refractivity contribution is -0.124. The maximum Gasteiger partial charge on any atom is 0.253 e. The summed E-state index contributed by atoms with van der Waals surface area (Å²) in [6.45, 7) is 2.64. The number of hydrogen-bond acceptors (Lipinski definition) is 4. The Balaban J connectivity index is 1.57. The van der Waals surface area contributed by atoms with Crippen LogP contribution in [0.3, 0.4) is 0 Å². The third kappa shape index (κ3) is 4.33. The molecule has 2 aliphatic heterocycles. The second kappa shape index (κ2) is 7.77. The van der Waals surface area contributed by atoms with E-state index in [2.05, 4.69) is 22.6 Å². The minimum atomic E-state index is -0.373. The van der Waals surface area contributed by atoms with E-state index in [-0.39, 0.29) is 24.0 Å². The average molecular weight is 331 g/mol. The summed E-state index contributed by atoms with van der Waals surface area (Å²) in [6, 6.07) is 7.29. The highest BCUT2D eigenvalue weighted by atomic mass is 16.5. The van der Waals surface area contributed by atoms with Gasteiger partial charge < -0.3 is 20.3 Å². The smallest absolute Gasteiger partial charge is 0.253 e. The number of nitrogens with one attached hydrogen (secondary N) is 2. The van der Waals surface area contributed by atoms with Gasteiger partial charge in [0.1, 0.15) is 6.10 Å². The molecule has 2 aliphatic rings. The van der Waals surface area contributed by atoms with Gasteiger partial charge in [-0.25, -0.2) is 0 Å². The number of nitrogens with zero attached hydrogens (tertiary/aromatic N) is 1. The van der Waals surface area contributed by atoms with Crippen LogP contribution in [-0.4, -0.2) is 55.6 Å². The van der Waals surface area contributed by atoms with Crippen molar-refractivity contribution in [1.29, 1.82) is 0 Å². The molecule has 2 N–H and O–H groups in total. The van der Waals surface area contributed by atoms with Crippen LogP contribution in [0.5, 0.6) is 0 Å². The van der Waals surface area contributed by atoms with Crippen LogP contribution in [0.2, 0.25) is 0 Å². The van der Waals surface area contributed by atoms with Gasteiger partial charge in [-0.05, 0) is 64.0 Å². The van der Waals surface area contributed by atoms with Crippen LogP contribution < -0.4 is 10.6 Å². The minimum Gasteiger partial charge on any atom is -0.368 e. The van der Waals surface area contributed by atoms with Crippen molar-refractivity contribution < 1.29 is 14.3 Å². The van der Waals surface area contributed by atoms with Crippen molar-refractivity contribution in [2.75, 3.05) is 32.1 Å². The zero-order valence-electron chi connectivity index (χ0n) is 14.1. The van der Waals surface area contributed by atoms with Crippen molar-refractivity contribution in [2.24, 2.45) is 0 Å². The molecule has 130 valence electrons. The number of anilines is 1. The normalized spacial score (nSPS) is 22.3. The lowest BCUT2D eigenvalue weighted by Gasteiger charge is -2.29. The monoisotopic (exact) mass is 331 g/mol. The second-order valence-electron chi connectivity index (χ2n) is 6.62. The molecule has 2 heterocycles. The van der Waals surface area contributed by atoms with Crippen LogP contribution in [0.1, 0.15) is 36.0 Å². The first-order valence-corrected chi connectivity index (χ1v) is 8.64. The van der Waals surface area contributed by atoms with Gasteiger partial charge in [0.2, 0.25) is 0 Å². The van der Waals surface area contributed by atoms with Crippen LogP contribution in [0.15, 0.2) is 24.3 Å². The summed E-state index contributed by atoms with van der Waals surface area (Å²) < 4.78 is 5.38. The third-order valence-corrected chi connectivity index (χ3v) is 4.67. The first-order valence-electron chi connectivity index (χ1n) is 8.64. The lowest BCUT2D eigenvalue weighted by atomic mass is 10.0. The Morgan fingerprint density at radius 3 is 2.71 bits per heavy atom. The summed E-state index contributed by atoms with van der Waals surface area (Å²) in [7, 11) is 2.10. The highest BCUT2D eigenvalue weighted by Crippen LogP contribution is 2.17. The van der Waals surface area contributed by atoms with Gasteiger partial charge in [0, 0.05) is 23.9 Å². The molecule has 0 saturated carbocycles. The molecule has 3 rings (SSSR count). The minimum absolute atomic E-state index is 0.0854. The Labute approximate surface area is 142 Å². The summed E-state index contributed by atoms with van der Waals surface area (Å²) in [6.07, 6.45) is 3.23. The molecular weight excluding hydrogens is 306 g/mol. The number of hydrogen-bond donors (Lipinski definition) is 2. The third-order valence-electron chi connectivity index (χ3n) is 4.67. The fourth-order valence-corrected chi connectivity index (χ4v) is 3.17. The molecule has 1 aromatic rings. The zero-order valence-corrected chi connectivity index (χ0v) is 14.1. The van der Waals surface area contributed by atoms with Crippen molar-refractivity contribution in [2.45, 2.75) is 37.8 Å². The Morgan fingerprint density at radius 1 is 1.21 bits per heavy atom. The van der Waals surface area contributed by atoms with Gasteiger partial charge in [0.25, 0.3) is 11.8 Å². The number of benzene rings is 1. The van der Waals surface area contributed by atoms with Crippen LogP contribution in [0.4, 0.5) is 5.69 Å². The molecule has 6 nitrogen and oxygen atoms in total. The molecule has 24 heavy (non-hydrogen) atoms. The maximum atomic E-state index is 12.4. The van der Waals surface area contributed by atoms with E-state index in [9.17, 15) is 9.59 Å². The lowest BCUT2D eigenvalue weighted by Crippen LogP contribution is -2.43. The zero-order chi connectivity index (χ0) is 16.9. The predicted molar refractivity (Wildman–Crippen MR) is 92.0 cm³/mol. The Morgan fingerprint density at radius 2 is 2.00 bits per heavy atom. The molecule has 2 fully saturated rings. The average Bonchev–Trinajstić information content (AvgIpc) is 3.12. The summed E-state index contributed by atoms with van der Waals surface area (Å²) in [4.78, 5) is 26.8. The van der Waals surface area contributed by atoms with E-state index in [1.165, 1.54) is 0 Å². The van der Waals surface area contributed by atoms with Crippen LogP contribution in [0.25, 0.3) is 0 Å². The molecule has 0 spiro atoms. The number of carbonyl (C=O) groups excluding carboxylic acids is 2. The summed E-state index contributed by atoms with van der Waals surface area (Å²) >= 11 is 0. The number of piperidine rings is 1. The van der Waals surface area contributed by atoms with E-state index in [0.29, 0.717) is 17.9 Å². The van der Waals surface area contributed by atoms with Gasteiger partial charge in [0.15, 0.2) is 0 Å². The number of carbonyl (C=O) groups is 2. The number of rotatable bonds is 4. The Kier molecular flexibility index (Phi) is 5.48. The van der Waals surface area contributed by atoms with Gasteiger partial charge in [-0.3, -0.25) is 9.59 Å². The van der Waals surface area contributed by atoms with Crippen LogP contribution in [0, 0.1) is 0 Å². The summed E-state index contributed by atoms with van der Waals surface area (Å²) in [5.74, 6) is -0.224. The van der Waals surface area contributed by atoms with Crippen molar-refractivity contribution in [3.63, 3.8) is 0 Å². The van der Waals surface area contributed by atoms with E-state index in [1.807, 2.05) is 0 Å². The molecule has 1 atom stereocenters. The van der Waals surface area contributed by atoms with Gasteiger partial charge in [-0.15, -0.1) is 0 Å². The maximum absolute atomic E-state index is 12.4. The predicted octanol–water partition coefficient (Wildman–Crippen LogP) is 1.63. The molecular formula is C18H25N3O3. The van der Waals surface area contributed by atoms with Crippen LogP contribution in [-0.2, 0) is 9.53 Å². The molecule has 2 amide bonds. The topological polar surface area (TPSA) is 70.7 Å². The van der Waals surface area contributed by atoms with Crippen molar-refractivity contribution in [3.8, 4) is 0 Å². The molecule has 0 aromatic heterocycles.